The van der Waals surface area contributed by atoms with Crippen molar-refractivity contribution in [1.82, 2.24) is 4.90 Å². The van der Waals surface area contributed by atoms with Crippen LogP contribution in [0.3, 0.4) is 0 Å². The van der Waals surface area contributed by atoms with E-state index in [4.69, 9.17) is 21.1 Å². The number of benzene rings is 1. The van der Waals surface area contributed by atoms with E-state index < -0.39 is 6.09 Å². The molecule has 0 spiro atoms. The molecule has 0 radical (unpaired) electrons. The van der Waals surface area contributed by atoms with Crippen LogP contribution < -0.4 is 4.74 Å². The topological polar surface area (TPSA) is 59.0 Å². The molecule has 0 heterocycles. The summed E-state index contributed by atoms with van der Waals surface area (Å²) in [4.78, 5) is 12.4. The second-order valence-corrected chi connectivity index (χ2v) is 3.88. The van der Waals surface area contributed by atoms with Crippen LogP contribution in [0.2, 0.25) is 5.02 Å². The first-order chi connectivity index (χ1) is 8.00. The molecule has 0 fully saturated rings. The zero-order chi connectivity index (χ0) is 12.8. The molecule has 0 saturated heterocycles. The number of rotatable bonds is 4. The number of halogens is 1. The molecular weight excluding hydrogens is 246 g/mol. The van der Waals surface area contributed by atoms with E-state index in [-0.39, 0.29) is 24.0 Å². The monoisotopic (exact) mass is 259 g/mol. The van der Waals surface area contributed by atoms with Crippen LogP contribution in [0.25, 0.3) is 0 Å². The van der Waals surface area contributed by atoms with Gasteiger partial charge in [0.2, 0.25) is 0 Å². The lowest BCUT2D eigenvalue weighted by atomic mass is 10.3. The minimum absolute atomic E-state index is 0.00180. The number of ether oxygens (including phenoxy) is 2. The minimum atomic E-state index is -0.419. The van der Waals surface area contributed by atoms with Gasteiger partial charge < -0.3 is 19.5 Å². The summed E-state index contributed by atoms with van der Waals surface area (Å²) in [5.41, 5.74) is 0. The Bertz CT molecular complexity index is 395. The number of hydrogen-bond acceptors (Lipinski definition) is 4. The molecule has 0 atom stereocenters. The number of amides is 1. The highest BCUT2D eigenvalue weighted by Gasteiger charge is 2.04. The summed E-state index contributed by atoms with van der Waals surface area (Å²) in [6, 6.07) is 4.50. The highest BCUT2D eigenvalue weighted by Crippen LogP contribution is 2.27. The zero-order valence-corrected chi connectivity index (χ0v) is 10.4. The van der Waals surface area contributed by atoms with Gasteiger partial charge in [0, 0.05) is 20.2 Å². The predicted molar refractivity (Wildman–Crippen MR) is 63.6 cm³/mol. The van der Waals surface area contributed by atoms with Gasteiger partial charge in [0.05, 0.1) is 5.02 Å². The number of phenolic OH excluding ortho intramolecular Hbond substituents is 1. The van der Waals surface area contributed by atoms with Gasteiger partial charge in [-0.3, -0.25) is 0 Å². The molecule has 0 aliphatic heterocycles. The Morgan fingerprint density at radius 3 is 2.71 bits per heavy atom. The van der Waals surface area contributed by atoms with E-state index in [0.717, 1.165) is 0 Å². The van der Waals surface area contributed by atoms with Crippen molar-refractivity contribution in [2.24, 2.45) is 0 Å². The number of hydrogen-bond donors (Lipinski definition) is 1. The van der Waals surface area contributed by atoms with E-state index in [1.165, 1.54) is 17.0 Å². The van der Waals surface area contributed by atoms with Crippen LogP contribution in [0.1, 0.15) is 0 Å². The largest absolute Gasteiger partial charge is 0.506 e. The predicted octanol–water partition coefficient (Wildman–Crippen LogP) is 2.12. The molecule has 0 saturated carbocycles. The minimum Gasteiger partial charge on any atom is -0.506 e. The van der Waals surface area contributed by atoms with Gasteiger partial charge in [-0.05, 0) is 12.1 Å². The van der Waals surface area contributed by atoms with E-state index in [1.54, 1.807) is 20.2 Å². The Labute approximate surface area is 105 Å². The van der Waals surface area contributed by atoms with Crippen LogP contribution in [-0.2, 0) is 4.74 Å². The Morgan fingerprint density at radius 2 is 2.12 bits per heavy atom. The van der Waals surface area contributed by atoms with Crippen LogP contribution in [0.4, 0.5) is 4.79 Å². The quantitative estimate of drug-likeness (QED) is 0.842. The van der Waals surface area contributed by atoms with E-state index >= 15 is 0 Å². The summed E-state index contributed by atoms with van der Waals surface area (Å²) in [5, 5.41) is 9.40. The van der Waals surface area contributed by atoms with Gasteiger partial charge in [0.15, 0.2) is 0 Å². The van der Waals surface area contributed by atoms with Crippen molar-refractivity contribution in [2.45, 2.75) is 0 Å². The Hall–Kier alpha value is -1.62. The standard InChI is InChI=1S/C11H14ClNO4/c1-13(2)11(15)17-6-5-16-8-3-4-10(14)9(12)7-8/h3-4,7,14H,5-6H2,1-2H3. The Balaban J connectivity index is 2.31. The second kappa shape index (κ2) is 6.20. The molecule has 6 heteroatoms. The number of aromatic hydroxyl groups is 1. The van der Waals surface area contributed by atoms with E-state index in [9.17, 15) is 9.90 Å². The molecule has 1 N–H and O–H groups in total. The fourth-order valence-electron chi connectivity index (χ4n) is 0.995. The molecule has 0 aliphatic rings. The molecule has 94 valence electrons. The van der Waals surface area contributed by atoms with Gasteiger partial charge in [-0.15, -0.1) is 0 Å². The van der Waals surface area contributed by atoms with Gasteiger partial charge in [-0.25, -0.2) is 4.79 Å². The number of phenols is 1. The van der Waals surface area contributed by atoms with Crippen molar-refractivity contribution in [3.63, 3.8) is 0 Å². The highest BCUT2D eigenvalue weighted by molar-refractivity contribution is 6.32. The fraction of sp³-hybridized carbons (Fsp3) is 0.364. The summed E-state index contributed by atoms with van der Waals surface area (Å²) in [6.07, 6.45) is -0.419. The summed E-state index contributed by atoms with van der Waals surface area (Å²) in [6.45, 7) is 0.371. The van der Waals surface area contributed by atoms with Gasteiger partial charge >= 0.3 is 6.09 Å². The summed E-state index contributed by atoms with van der Waals surface area (Å²) in [5.74, 6) is 0.506. The molecule has 0 bridgehead atoms. The van der Waals surface area contributed by atoms with Crippen LogP contribution in [0.5, 0.6) is 11.5 Å². The lowest BCUT2D eigenvalue weighted by Crippen LogP contribution is -2.24. The average Bonchev–Trinajstić information content (AvgIpc) is 2.28. The van der Waals surface area contributed by atoms with Crippen molar-refractivity contribution in [1.29, 1.82) is 0 Å². The molecule has 5 nitrogen and oxygen atoms in total. The third kappa shape index (κ3) is 4.40. The molecule has 17 heavy (non-hydrogen) atoms. The maximum Gasteiger partial charge on any atom is 0.409 e. The fourth-order valence-corrected chi connectivity index (χ4v) is 1.17. The first-order valence-corrected chi connectivity index (χ1v) is 5.34. The maximum atomic E-state index is 11.0. The Kier molecular flexibility index (Phi) is 4.90. The van der Waals surface area contributed by atoms with Crippen molar-refractivity contribution < 1.29 is 19.4 Å². The summed E-state index contributed by atoms with van der Waals surface area (Å²) in [7, 11) is 3.20. The molecule has 1 rings (SSSR count). The molecular formula is C11H14ClNO4. The molecule has 1 amide bonds. The summed E-state index contributed by atoms with van der Waals surface area (Å²) >= 11 is 5.70. The number of carbonyl (C=O) groups is 1. The van der Waals surface area contributed by atoms with Crippen LogP contribution in [-0.4, -0.2) is 43.4 Å². The normalized spacial score (nSPS) is 9.82. The third-order valence-electron chi connectivity index (χ3n) is 1.86. The SMILES string of the molecule is CN(C)C(=O)OCCOc1ccc(O)c(Cl)c1. The number of nitrogens with zero attached hydrogens (tertiary/aromatic N) is 1. The van der Waals surface area contributed by atoms with Gasteiger partial charge in [-0.2, -0.15) is 0 Å². The highest BCUT2D eigenvalue weighted by atomic mass is 35.5. The van der Waals surface area contributed by atoms with Gasteiger partial charge in [-0.1, -0.05) is 11.6 Å². The van der Waals surface area contributed by atoms with Crippen molar-refractivity contribution in [3.8, 4) is 11.5 Å². The third-order valence-corrected chi connectivity index (χ3v) is 2.16. The summed E-state index contributed by atoms with van der Waals surface area (Å²) < 4.78 is 10.1. The lowest BCUT2D eigenvalue weighted by molar-refractivity contribution is 0.102. The van der Waals surface area contributed by atoms with Crippen LogP contribution >= 0.6 is 11.6 Å². The van der Waals surface area contributed by atoms with E-state index in [1.807, 2.05) is 0 Å². The average molecular weight is 260 g/mol. The second-order valence-electron chi connectivity index (χ2n) is 3.47. The molecule has 0 unspecified atom stereocenters. The Morgan fingerprint density at radius 1 is 1.41 bits per heavy atom. The lowest BCUT2D eigenvalue weighted by Gasteiger charge is -2.11. The zero-order valence-electron chi connectivity index (χ0n) is 9.64. The maximum absolute atomic E-state index is 11.0. The molecule has 0 aromatic heterocycles. The molecule has 1 aromatic rings. The molecule has 1 aromatic carbocycles. The van der Waals surface area contributed by atoms with Crippen LogP contribution in [0.15, 0.2) is 18.2 Å². The van der Waals surface area contributed by atoms with Crippen molar-refractivity contribution in [2.75, 3.05) is 27.3 Å². The molecule has 0 aliphatic carbocycles. The smallest absolute Gasteiger partial charge is 0.409 e. The van der Waals surface area contributed by atoms with Gasteiger partial charge in [0.25, 0.3) is 0 Å². The van der Waals surface area contributed by atoms with Crippen molar-refractivity contribution in [3.05, 3.63) is 23.2 Å². The van der Waals surface area contributed by atoms with Gasteiger partial charge in [0.1, 0.15) is 24.7 Å². The van der Waals surface area contributed by atoms with E-state index in [2.05, 4.69) is 0 Å². The van der Waals surface area contributed by atoms with E-state index in [0.29, 0.717) is 5.75 Å². The first kappa shape index (κ1) is 13.4. The van der Waals surface area contributed by atoms with Crippen molar-refractivity contribution >= 4 is 17.7 Å². The number of carbonyl (C=O) groups excluding carboxylic acids is 1. The first-order valence-electron chi connectivity index (χ1n) is 4.96. The van der Waals surface area contributed by atoms with Crippen LogP contribution in [0, 0.1) is 0 Å².